The van der Waals surface area contributed by atoms with Gasteiger partial charge in [0.05, 0.1) is 5.56 Å². The van der Waals surface area contributed by atoms with Crippen molar-refractivity contribution in [1.82, 2.24) is 5.32 Å². The summed E-state index contributed by atoms with van der Waals surface area (Å²) in [6, 6.07) is 4.55. The second kappa shape index (κ2) is 3.62. The second-order valence-corrected chi connectivity index (χ2v) is 3.27. The highest BCUT2D eigenvalue weighted by atomic mass is 19.1. The number of urea groups is 1. The van der Waals surface area contributed by atoms with Crippen LogP contribution in [0.1, 0.15) is 17.2 Å². The molecule has 0 bridgehead atoms. The average molecular weight is 218 g/mol. The number of hydrogen-bond donors (Lipinski definition) is 2. The van der Waals surface area contributed by atoms with E-state index < -0.39 is 17.9 Å². The minimum Gasteiger partial charge on any atom is -0.385 e. The van der Waals surface area contributed by atoms with E-state index in [0.29, 0.717) is 5.56 Å². The van der Waals surface area contributed by atoms with Crippen LogP contribution in [-0.2, 0) is 0 Å². The van der Waals surface area contributed by atoms with E-state index in [4.69, 9.17) is 11.0 Å². The zero-order valence-corrected chi connectivity index (χ0v) is 8.07. The molecule has 1 aromatic rings. The molecule has 1 aliphatic rings. The van der Waals surface area contributed by atoms with Gasteiger partial charge in [0.15, 0.2) is 0 Å². The van der Waals surface area contributed by atoms with Crippen molar-refractivity contribution >= 4 is 11.9 Å². The number of carbonyl (C=O) groups is 1. The predicted molar refractivity (Wildman–Crippen MR) is 54.0 cm³/mol. The number of rotatable bonds is 1. The summed E-state index contributed by atoms with van der Waals surface area (Å²) in [5, 5.41) is 11.2. The van der Waals surface area contributed by atoms with Crippen LogP contribution in [0.15, 0.2) is 23.2 Å². The topological polar surface area (TPSA) is 91.3 Å². The molecule has 6 heteroatoms. The molecule has 1 heterocycles. The molecule has 5 nitrogen and oxygen atoms in total. The van der Waals surface area contributed by atoms with Crippen molar-refractivity contribution in [2.45, 2.75) is 6.04 Å². The molecular weight excluding hydrogens is 211 g/mol. The Bertz CT molecular complexity index is 532. The molecule has 0 aliphatic carbocycles. The monoisotopic (exact) mass is 218 g/mol. The Morgan fingerprint density at radius 2 is 2.31 bits per heavy atom. The molecule has 0 fully saturated rings. The van der Waals surface area contributed by atoms with E-state index in [-0.39, 0.29) is 11.4 Å². The van der Waals surface area contributed by atoms with Crippen LogP contribution >= 0.6 is 0 Å². The average Bonchev–Trinajstić information content (AvgIpc) is 2.59. The van der Waals surface area contributed by atoms with E-state index in [2.05, 4.69) is 10.3 Å². The maximum Gasteiger partial charge on any atom is 0.343 e. The molecule has 0 saturated carbocycles. The molecule has 0 spiro atoms. The quantitative estimate of drug-likeness (QED) is 0.730. The maximum absolute atomic E-state index is 13.1. The highest BCUT2D eigenvalue weighted by molar-refractivity contribution is 6.03. The largest absolute Gasteiger partial charge is 0.385 e. The van der Waals surface area contributed by atoms with Gasteiger partial charge in [0.2, 0.25) is 0 Å². The van der Waals surface area contributed by atoms with Crippen LogP contribution in [0.25, 0.3) is 0 Å². The standard InChI is InChI=1S/C10H7FN4O/c11-7-2-1-5(3-6(7)4-12)8-9(13)15-10(16)14-8/h1-3,8H,(H3,13,14,15,16). The Labute approximate surface area is 90.4 Å². The number of carbonyl (C=O) groups excluding carboxylic acids is 1. The molecule has 1 aliphatic heterocycles. The number of hydrogen-bond acceptors (Lipinski definition) is 3. The highest BCUT2D eigenvalue weighted by Gasteiger charge is 2.25. The van der Waals surface area contributed by atoms with E-state index in [1.165, 1.54) is 12.1 Å². The number of amides is 2. The van der Waals surface area contributed by atoms with E-state index >= 15 is 0 Å². The third-order valence-corrected chi connectivity index (χ3v) is 2.24. The van der Waals surface area contributed by atoms with Gasteiger partial charge < -0.3 is 11.1 Å². The molecule has 0 radical (unpaired) electrons. The molecule has 0 saturated heterocycles. The van der Waals surface area contributed by atoms with E-state index in [1.807, 2.05) is 0 Å². The van der Waals surface area contributed by atoms with Crippen LogP contribution in [-0.4, -0.2) is 11.9 Å². The van der Waals surface area contributed by atoms with Gasteiger partial charge in [0, 0.05) is 0 Å². The third-order valence-electron chi connectivity index (χ3n) is 2.24. The lowest BCUT2D eigenvalue weighted by molar-refractivity contribution is 0.250. The second-order valence-electron chi connectivity index (χ2n) is 3.27. The Morgan fingerprint density at radius 1 is 1.56 bits per heavy atom. The lowest BCUT2D eigenvalue weighted by atomic mass is 10.0. The van der Waals surface area contributed by atoms with Crippen molar-refractivity contribution in [2.24, 2.45) is 10.7 Å². The molecule has 1 unspecified atom stereocenters. The Hall–Kier alpha value is -2.42. The minimum atomic E-state index is -0.605. The van der Waals surface area contributed by atoms with E-state index in [0.717, 1.165) is 6.07 Å². The number of aliphatic imine (C=N–C) groups is 1. The molecule has 3 N–H and O–H groups in total. The predicted octanol–water partition coefficient (Wildman–Crippen LogP) is 0.819. The van der Waals surface area contributed by atoms with Gasteiger partial charge in [-0.05, 0) is 17.7 Å². The molecule has 2 amide bonds. The first-order valence-corrected chi connectivity index (χ1v) is 4.46. The van der Waals surface area contributed by atoms with Crippen LogP contribution in [0.2, 0.25) is 0 Å². The molecule has 0 aromatic heterocycles. The zero-order chi connectivity index (χ0) is 11.7. The smallest absolute Gasteiger partial charge is 0.343 e. The lowest BCUT2D eigenvalue weighted by Crippen LogP contribution is -2.27. The van der Waals surface area contributed by atoms with E-state index in [9.17, 15) is 9.18 Å². The number of nitrogens with two attached hydrogens (primary N) is 1. The first kappa shape index (κ1) is 10.1. The molecule has 16 heavy (non-hydrogen) atoms. The fourth-order valence-corrected chi connectivity index (χ4v) is 1.47. The zero-order valence-electron chi connectivity index (χ0n) is 8.07. The van der Waals surface area contributed by atoms with Crippen molar-refractivity contribution in [3.05, 3.63) is 35.1 Å². The Balaban J connectivity index is 2.40. The highest BCUT2D eigenvalue weighted by Crippen LogP contribution is 2.19. The SMILES string of the molecule is N#Cc1cc(C2NC(=O)N=C2N)ccc1F. The fourth-order valence-electron chi connectivity index (χ4n) is 1.47. The summed E-state index contributed by atoms with van der Waals surface area (Å²) in [5.41, 5.74) is 5.96. The van der Waals surface area contributed by atoms with Gasteiger partial charge in [-0.1, -0.05) is 6.07 Å². The Kier molecular flexibility index (Phi) is 2.29. The van der Waals surface area contributed by atoms with Gasteiger partial charge in [-0.25, -0.2) is 9.18 Å². The molecule has 1 atom stereocenters. The summed E-state index contributed by atoms with van der Waals surface area (Å²) in [4.78, 5) is 14.4. The van der Waals surface area contributed by atoms with Crippen LogP contribution in [0.5, 0.6) is 0 Å². The summed E-state index contributed by atoms with van der Waals surface area (Å²) < 4.78 is 13.1. The van der Waals surface area contributed by atoms with Crippen LogP contribution in [0, 0.1) is 17.1 Å². The van der Waals surface area contributed by atoms with Crippen molar-refractivity contribution in [3.63, 3.8) is 0 Å². The first-order valence-electron chi connectivity index (χ1n) is 4.46. The fraction of sp³-hybridized carbons (Fsp3) is 0.100. The summed E-state index contributed by atoms with van der Waals surface area (Å²) in [5.74, 6) is -0.494. The van der Waals surface area contributed by atoms with Crippen molar-refractivity contribution < 1.29 is 9.18 Å². The maximum atomic E-state index is 13.1. The number of halogens is 1. The van der Waals surface area contributed by atoms with Crippen LogP contribution in [0.3, 0.4) is 0 Å². The van der Waals surface area contributed by atoms with Crippen molar-refractivity contribution in [1.29, 1.82) is 5.26 Å². The number of nitrogens with zero attached hydrogens (tertiary/aromatic N) is 2. The Morgan fingerprint density at radius 3 is 2.88 bits per heavy atom. The lowest BCUT2D eigenvalue weighted by Gasteiger charge is -2.10. The normalized spacial score (nSPS) is 18.9. The molecular formula is C10H7FN4O. The van der Waals surface area contributed by atoms with Crippen molar-refractivity contribution in [3.8, 4) is 6.07 Å². The van der Waals surface area contributed by atoms with Crippen LogP contribution in [0.4, 0.5) is 9.18 Å². The van der Waals surface area contributed by atoms with Crippen LogP contribution < -0.4 is 11.1 Å². The van der Waals surface area contributed by atoms with Gasteiger partial charge >= 0.3 is 6.03 Å². The van der Waals surface area contributed by atoms with Gasteiger partial charge in [-0.15, -0.1) is 0 Å². The number of nitrogens with one attached hydrogen (secondary N) is 1. The third kappa shape index (κ3) is 1.59. The van der Waals surface area contributed by atoms with Gasteiger partial charge in [0.25, 0.3) is 0 Å². The summed E-state index contributed by atoms with van der Waals surface area (Å²) in [6.07, 6.45) is 0. The first-order chi connectivity index (χ1) is 7.61. The summed E-state index contributed by atoms with van der Waals surface area (Å²) >= 11 is 0. The van der Waals surface area contributed by atoms with E-state index in [1.54, 1.807) is 6.07 Å². The van der Waals surface area contributed by atoms with Gasteiger partial charge in [0.1, 0.15) is 23.8 Å². The number of amidine groups is 1. The molecule has 1 aromatic carbocycles. The number of benzene rings is 1. The minimum absolute atomic E-state index is 0.0913. The molecule has 80 valence electrons. The summed E-state index contributed by atoms with van der Waals surface area (Å²) in [6.45, 7) is 0. The molecule has 2 rings (SSSR count). The summed E-state index contributed by atoms with van der Waals surface area (Å²) in [7, 11) is 0. The number of nitriles is 1. The van der Waals surface area contributed by atoms with Gasteiger partial charge in [-0.3, -0.25) is 0 Å². The van der Waals surface area contributed by atoms with Gasteiger partial charge in [-0.2, -0.15) is 10.3 Å². The van der Waals surface area contributed by atoms with Crippen molar-refractivity contribution in [2.75, 3.05) is 0 Å².